The van der Waals surface area contributed by atoms with Crippen LogP contribution in [0.2, 0.25) is 0 Å². The van der Waals surface area contributed by atoms with Gasteiger partial charge in [-0.25, -0.2) is 0 Å². The molecule has 0 radical (unpaired) electrons. The molecule has 3 rings (SSSR count). The number of hydrogen-bond acceptors (Lipinski definition) is 3. The molecule has 0 saturated heterocycles. The van der Waals surface area contributed by atoms with Crippen molar-refractivity contribution < 1.29 is 4.74 Å². The van der Waals surface area contributed by atoms with Crippen LogP contribution in [0.15, 0.2) is 84.9 Å². The molecule has 0 fully saturated rings. The minimum atomic E-state index is -0.318. The maximum absolute atomic E-state index is 6.32. The van der Waals surface area contributed by atoms with Crippen molar-refractivity contribution in [3.05, 3.63) is 102 Å². The van der Waals surface area contributed by atoms with Gasteiger partial charge in [0.05, 0.1) is 11.9 Å². The van der Waals surface area contributed by atoms with Crippen molar-refractivity contribution in [1.82, 2.24) is 0 Å². The highest BCUT2D eigenvalue weighted by Crippen LogP contribution is 2.48. The third-order valence-corrected chi connectivity index (χ3v) is 6.63. The van der Waals surface area contributed by atoms with Gasteiger partial charge in [-0.2, -0.15) is 0 Å². The highest BCUT2D eigenvalue weighted by Gasteiger charge is 2.37. The number of rotatable bonds is 8. The van der Waals surface area contributed by atoms with Crippen molar-refractivity contribution in [2.45, 2.75) is 24.1 Å². The van der Waals surface area contributed by atoms with Gasteiger partial charge in [-0.05, 0) is 35.2 Å². The molecule has 0 spiro atoms. The third kappa shape index (κ3) is 4.20. The zero-order valence-corrected chi connectivity index (χ0v) is 16.8. The Bertz CT molecular complexity index is 779. The minimum absolute atomic E-state index is 0.167. The van der Waals surface area contributed by atoms with E-state index in [0.717, 1.165) is 17.9 Å². The summed E-state index contributed by atoms with van der Waals surface area (Å²) in [5.74, 6) is 1.75. The van der Waals surface area contributed by atoms with Crippen molar-refractivity contribution >= 4 is 11.8 Å². The van der Waals surface area contributed by atoms with Gasteiger partial charge in [0.1, 0.15) is 5.75 Å². The van der Waals surface area contributed by atoms with E-state index in [1.165, 1.54) is 16.7 Å². The van der Waals surface area contributed by atoms with Crippen molar-refractivity contribution in [1.29, 1.82) is 0 Å². The second-order valence-electron chi connectivity index (χ2n) is 6.62. The lowest BCUT2D eigenvalue weighted by molar-refractivity contribution is 0.414. The lowest BCUT2D eigenvalue weighted by atomic mass is 9.84. The molecular weight excluding hydrogens is 350 g/mol. The van der Waals surface area contributed by atoms with Crippen molar-refractivity contribution in [3.8, 4) is 5.75 Å². The molecule has 0 aliphatic heterocycles. The van der Waals surface area contributed by atoms with E-state index < -0.39 is 0 Å². The first-order chi connectivity index (χ1) is 13.2. The average Bonchev–Trinajstić information content (AvgIpc) is 2.76. The molecule has 140 valence electrons. The summed E-state index contributed by atoms with van der Waals surface area (Å²) in [6.45, 7) is 2.14. The van der Waals surface area contributed by atoms with E-state index in [-0.39, 0.29) is 10.8 Å². The molecule has 3 heteroatoms. The summed E-state index contributed by atoms with van der Waals surface area (Å²) in [6, 6.07) is 30.0. The maximum Gasteiger partial charge on any atom is 0.118 e. The van der Waals surface area contributed by atoms with Crippen LogP contribution in [0, 0.1) is 0 Å². The predicted octanol–water partition coefficient (Wildman–Crippen LogP) is 5.46. The first-order valence-corrected chi connectivity index (χ1v) is 10.3. The highest BCUT2D eigenvalue weighted by molar-refractivity contribution is 8.00. The molecule has 0 aliphatic rings. The fourth-order valence-electron chi connectivity index (χ4n) is 3.27. The van der Waals surface area contributed by atoms with E-state index >= 15 is 0 Å². The fourth-order valence-corrected chi connectivity index (χ4v) is 4.88. The smallest absolute Gasteiger partial charge is 0.118 e. The number of thioether (sulfide) groups is 1. The summed E-state index contributed by atoms with van der Waals surface area (Å²) >= 11 is 1.91. The molecule has 3 aromatic carbocycles. The summed E-state index contributed by atoms with van der Waals surface area (Å²) in [6.07, 6.45) is 0.968. The van der Waals surface area contributed by atoms with Crippen molar-refractivity contribution in [2.24, 2.45) is 5.73 Å². The van der Waals surface area contributed by atoms with E-state index in [2.05, 4.69) is 79.7 Å². The Balaban J connectivity index is 2.20. The van der Waals surface area contributed by atoms with Gasteiger partial charge >= 0.3 is 0 Å². The summed E-state index contributed by atoms with van der Waals surface area (Å²) in [5, 5.41) is 0. The average molecular weight is 378 g/mol. The van der Waals surface area contributed by atoms with Gasteiger partial charge in [-0.1, -0.05) is 79.7 Å². The monoisotopic (exact) mass is 377 g/mol. The van der Waals surface area contributed by atoms with E-state index in [9.17, 15) is 0 Å². The van der Waals surface area contributed by atoms with Gasteiger partial charge in [0.25, 0.3) is 0 Å². The van der Waals surface area contributed by atoms with Crippen molar-refractivity contribution in [2.75, 3.05) is 12.9 Å². The number of nitrogens with two attached hydrogens (primary N) is 1. The second-order valence-corrected chi connectivity index (χ2v) is 7.86. The zero-order chi connectivity index (χ0) is 19.1. The van der Waals surface area contributed by atoms with Crippen LogP contribution in [0.1, 0.15) is 30.0 Å². The van der Waals surface area contributed by atoms with Gasteiger partial charge in [-0.15, -0.1) is 11.8 Å². The Morgan fingerprint density at radius 3 is 1.74 bits per heavy atom. The number of hydrogen-bond donors (Lipinski definition) is 1. The van der Waals surface area contributed by atoms with Crippen LogP contribution in [-0.2, 0) is 4.75 Å². The first-order valence-electron chi connectivity index (χ1n) is 9.35. The van der Waals surface area contributed by atoms with E-state index in [1.54, 1.807) is 7.11 Å². The van der Waals surface area contributed by atoms with E-state index in [1.807, 2.05) is 23.9 Å². The second kappa shape index (κ2) is 9.12. The minimum Gasteiger partial charge on any atom is -0.497 e. The topological polar surface area (TPSA) is 35.2 Å². The van der Waals surface area contributed by atoms with E-state index in [4.69, 9.17) is 10.5 Å². The molecule has 27 heavy (non-hydrogen) atoms. The summed E-state index contributed by atoms with van der Waals surface area (Å²) in [4.78, 5) is 0. The quantitative estimate of drug-likeness (QED) is 0.530. The van der Waals surface area contributed by atoms with Gasteiger partial charge in [0.2, 0.25) is 0 Å². The third-order valence-electron chi connectivity index (χ3n) is 4.90. The van der Waals surface area contributed by atoms with Crippen LogP contribution in [0.4, 0.5) is 0 Å². The Morgan fingerprint density at radius 1 is 0.815 bits per heavy atom. The number of benzene rings is 3. The molecule has 2 nitrogen and oxygen atoms in total. The fraction of sp³-hybridized carbons (Fsp3) is 0.250. The summed E-state index contributed by atoms with van der Waals surface area (Å²) in [7, 11) is 1.70. The van der Waals surface area contributed by atoms with Crippen LogP contribution < -0.4 is 10.5 Å². The van der Waals surface area contributed by atoms with Crippen LogP contribution in [0.25, 0.3) is 0 Å². The molecule has 0 bridgehead atoms. The van der Waals surface area contributed by atoms with Gasteiger partial charge in [0, 0.05) is 11.8 Å². The van der Waals surface area contributed by atoms with Crippen LogP contribution in [0.5, 0.6) is 5.75 Å². The normalized spacial score (nSPS) is 12.6. The number of methoxy groups -OCH3 is 1. The number of ether oxygens (including phenoxy) is 1. The largest absolute Gasteiger partial charge is 0.497 e. The van der Waals surface area contributed by atoms with Crippen molar-refractivity contribution in [3.63, 3.8) is 0 Å². The summed E-state index contributed by atoms with van der Waals surface area (Å²) < 4.78 is 5.06. The SMILES string of the molecule is CC[C@H](N)CSC(c1ccccc1)(c1ccccc1)c1ccc(OC)cc1. The molecular formula is C24H27NOS. The Labute approximate surface area is 166 Å². The molecule has 0 aliphatic carbocycles. The van der Waals surface area contributed by atoms with Crippen LogP contribution >= 0.6 is 11.8 Å². The highest BCUT2D eigenvalue weighted by atomic mass is 32.2. The molecule has 0 aromatic heterocycles. The standard InChI is InChI=1S/C24H27NOS/c1-3-22(25)18-27-24(19-10-6-4-7-11-19,20-12-8-5-9-13-20)21-14-16-23(26-2)17-15-21/h4-17,22H,3,18,25H2,1-2H3/t22-/m0/s1. The molecule has 1 atom stereocenters. The van der Waals surface area contributed by atoms with Gasteiger partial charge < -0.3 is 10.5 Å². The Morgan fingerprint density at radius 2 is 1.30 bits per heavy atom. The summed E-state index contributed by atoms with van der Waals surface area (Å²) in [5.41, 5.74) is 10.1. The molecule has 3 aromatic rings. The van der Waals surface area contributed by atoms with Gasteiger partial charge in [-0.3, -0.25) is 0 Å². The van der Waals surface area contributed by atoms with Crippen LogP contribution in [0.3, 0.4) is 0 Å². The first kappa shape index (κ1) is 19.5. The van der Waals surface area contributed by atoms with Gasteiger partial charge in [0.15, 0.2) is 0 Å². The molecule has 0 heterocycles. The molecule has 0 unspecified atom stereocenters. The Hall–Kier alpha value is -2.23. The maximum atomic E-state index is 6.32. The lowest BCUT2D eigenvalue weighted by Crippen LogP contribution is -2.30. The molecule has 0 saturated carbocycles. The predicted molar refractivity (Wildman–Crippen MR) is 116 cm³/mol. The molecule has 2 N–H and O–H groups in total. The lowest BCUT2D eigenvalue weighted by Gasteiger charge is -2.36. The molecule has 0 amide bonds. The van der Waals surface area contributed by atoms with Crippen LogP contribution in [-0.4, -0.2) is 18.9 Å². The Kier molecular flexibility index (Phi) is 6.59. The zero-order valence-electron chi connectivity index (χ0n) is 16.0. The van der Waals surface area contributed by atoms with E-state index in [0.29, 0.717) is 0 Å².